The lowest BCUT2D eigenvalue weighted by Crippen LogP contribution is -2.57. The highest BCUT2D eigenvalue weighted by Crippen LogP contribution is 2.29. The summed E-state index contributed by atoms with van der Waals surface area (Å²) in [6, 6.07) is 3.37. The highest BCUT2D eigenvalue weighted by Gasteiger charge is 2.49. The second kappa shape index (κ2) is 27.7. The fraction of sp³-hybridized carbons (Fsp3) is 1.00. The van der Waals surface area contributed by atoms with Crippen LogP contribution >= 0.6 is 0 Å². The lowest BCUT2D eigenvalue weighted by molar-refractivity contribution is 0.0522. The fourth-order valence-corrected chi connectivity index (χ4v) is 17.6. The predicted octanol–water partition coefficient (Wildman–Crippen LogP) is -0.874. The van der Waals surface area contributed by atoms with Crippen molar-refractivity contribution in [1.29, 1.82) is 0 Å². The molecule has 0 amide bonds. The summed E-state index contributed by atoms with van der Waals surface area (Å²) < 4.78 is 43.8. The molecule has 17 nitrogen and oxygen atoms in total. The van der Waals surface area contributed by atoms with Crippen LogP contribution in [-0.2, 0) is 26.6 Å². The first-order valence-corrected chi connectivity index (χ1v) is 27.4. The molecule has 5 aliphatic rings. The first-order chi connectivity index (χ1) is 27.1. The molecule has 0 aromatic carbocycles. The van der Waals surface area contributed by atoms with Gasteiger partial charge in [0.15, 0.2) is 0 Å². The van der Waals surface area contributed by atoms with Gasteiger partial charge in [0, 0.05) is 110 Å². The quantitative estimate of drug-likeness (QED) is 0.126. The molecule has 0 saturated carbocycles. The summed E-state index contributed by atoms with van der Waals surface area (Å²) in [5, 5.41) is 35.3. The Labute approximate surface area is 342 Å². The van der Waals surface area contributed by atoms with E-state index in [-0.39, 0.29) is 26.4 Å². The van der Waals surface area contributed by atoms with Crippen molar-refractivity contribution in [1.82, 2.24) is 33.3 Å². The van der Waals surface area contributed by atoms with Gasteiger partial charge in [-0.05, 0) is 73.9 Å². The molecule has 5 aliphatic heterocycles. The van der Waals surface area contributed by atoms with Crippen LogP contribution in [0.4, 0.5) is 0 Å². The first kappa shape index (κ1) is 50.3. The largest absolute Gasteiger partial charge is 0.427 e. The molecule has 0 atom stereocenters. The predicted molar refractivity (Wildman–Crippen MR) is 225 cm³/mol. The Morgan fingerprint density at radius 3 is 1.09 bits per heavy atom. The molecule has 20 heteroatoms. The van der Waals surface area contributed by atoms with E-state index >= 15 is 0 Å². The molecule has 5 fully saturated rings. The monoisotopic (exact) mass is 856 g/mol. The SMILES string of the molecule is CCO[Si]1(OCC)CCCN1C.CN1CCC[Si]12OCCN(CCN1CCO[Si]3(CCCN3C)OCC1)CCO2.OCCN(CCO)CCN(CCO)CCO. The van der Waals surface area contributed by atoms with Crippen LogP contribution in [0.1, 0.15) is 33.1 Å². The second-order valence-electron chi connectivity index (χ2n) is 15.2. The highest BCUT2D eigenvalue weighted by atomic mass is 28.4. The van der Waals surface area contributed by atoms with Crippen molar-refractivity contribution in [3.63, 3.8) is 0 Å². The van der Waals surface area contributed by atoms with Crippen LogP contribution in [0, 0.1) is 0 Å². The first-order valence-electron chi connectivity index (χ1n) is 21.5. The van der Waals surface area contributed by atoms with Crippen molar-refractivity contribution < 1.29 is 47.0 Å². The maximum atomic E-state index is 8.82. The maximum Gasteiger partial charge on any atom is 0.427 e. The Morgan fingerprint density at radius 1 is 0.482 bits per heavy atom. The molecular formula is C36H81N7O10Si3. The number of aliphatic hydroxyl groups excluding tert-OH is 4. The Bertz CT molecular complexity index is 927. The van der Waals surface area contributed by atoms with Crippen molar-refractivity contribution in [3.05, 3.63) is 0 Å². The normalized spacial score (nSPS) is 23.8. The molecule has 5 heterocycles. The van der Waals surface area contributed by atoms with Crippen LogP contribution < -0.4 is 0 Å². The van der Waals surface area contributed by atoms with Gasteiger partial charge in [-0.2, -0.15) is 0 Å². The van der Waals surface area contributed by atoms with Crippen LogP contribution in [0.5, 0.6) is 0 Å². The third kappa shape index (κ3) is 16.1. The number of aliphatic hydroxyl groups is 4. The molecule has 2 spiro atoms. The standard InChI is InChI=1S/C18H38N4O4Si2.C10H24N2O4.C8H19NO2Si/c1-19-5-3-17-27(19)23-13-9-21(10-14-24-27)7-8-22-11-15-25-28(26-16-12-22)18-4-6-20(28)2;13-7-3-11(4-8-14)1-2-12(5-9-15)6-10-16;1-4-10-12(11-5-2)8-6-7-9(12)3/h3-18H2,1-2H3;13-16H,1-10H2;4-8H2,1-3H3. The Balaban J connectivity index is 0.000000254. The Hall–Kier alpha value is -0.0294. The highest BCUT2D eigenvalue weighted by molar-refractivity contribution is 6.66. The number of nitrogens with zero attached hydrogens (tertiary/aromatic N) is 7. The van der Waals surface area contributed by atoms with Crippen LogP contribution in [0.3, 0.4) is 0 Å². The molecule has 56 heavy (non-hydrogen) atoms. The minimum Gasteiger partial charge on any atom is -0.395 e. The summed E-state index contributed by atoms with van der Waals surface area (Å²) in [5.41, 5.74) is 0. The minimum absolute atomic E-state index is 0.0694. The van der Waals surface area contributed by atoms with E-state index in [0.717, 1.165) is 117 Å². The van der Waals surface area contributed by atoms with Crippen molar-refractivity contribution >= 4 is 26.2 Å². The van der Waals surface area contributed by atoms with Gasteiger partial charge in [-0.3, -0.25) is 33.3 Å². The van der Waals surface area contributed by atoms with Gasteiger partial charge in [0.25, 0.3) is 0 Å². The van der Waals surface area contributed by atoms with Gasteiger partial charge in [-0.15, -0.1) is 0 Å². The Kier molecular flexibility index (Phi) is 24.9. The molecular weight excluding hydrogens is 775 g/mol. The average Bonchev–Trinajstić information content (AvgIpc) is 3.83. The summed E-state index contributed by atoms with van der Waals surface area (Å²) >= 11 is 0. The third-order valence-electron chi connectivity index (χ3n) is 11.5. The lowest BCUT2D eigenvalue weighted by atomic mass is 10.4. The lowest BCUT2D eigenvalue weighted by Gasteiger charge is -2.38. The summed E-state index contributed by atoms with van der Waals surface area (Å²) in [6.45, 7) is 22.2. The zero-order chi connectivity index (χ0) is 40.7. The topological polar surface area (TPSA) is 159 Å². The number of rotatable bonds is 18. The van der Waals surface area contributed by atoms with E-state index in [1.54, 1.807) is 0 Å². The zero-order valence-electron chi connectivity index (χ0n) is 35.8. The number of hydrogen-bond acceptors (Lipinski definition) is 17. The second-order valence-corrected chi connectivity index (χ2v) is 25.0. The van der Waals surface area contributed by atoms with E-state index < -0.39 is 26.2 Å². The van der Waals surface area contributed by atoms with Crippen LogP contribution in [0.15, 0.2) is 0 Å². The van der Waals surface area contributed by atoms with Gasteiger partial charge in [-0.25, -0.2) is 0 Å². The maximum absolute atomic E-state index is 8.82. The van der Waals surface area contributed by atoms with Crippen LogP contribution in [0.2, 0.25) is 18.1 Å². The summed E-state index contributed by atoms with van der Waals surface area (Å²) in [4.78, 5) is 8.86. The van der Waals surface area contributed by atoms with E-state index in [4.69, 9.17) is 47.0 Å². The molecule has 332 valence electrons. The van der Waals surface area contributed by atoms with Crippen molar-refractivity contribution in [2.45, 2.75) is 51.2 Å². The summed E-state index contributed by atoms with van der Waals surface area (Å²) in [7, 11) is 0.426. The molecule has 4 N–H and O–H groups in total. The van der Waals surface area contributed by atoms with Gasteiger partial charge in [0.05, 0.1) is 52.9 Å². The van der Waals surface area contributed by atoms with Gasteiger partial charge in [-0.1, -0.05) is 0 Å². The van der Waals surface area contributed by atoms with Crippen LogP contribution in [0.25, 0.3) is 0 Å². The van der Waals surface area contributed by atoms with Gasteiger partial charge in [0.1, 0.15) is 0 Å². The molecule has 5 saturated heterocycles. The van der Waals surface area contributed by atoms with Crippen molar-refractivity contribution in [2.75, 3.05) is 185 Å². The molecule has 0 unspecified atom stereocenters. The third-order valence-corrected chi connectivity index (χ3v) is 22.7. The van der Waals surface area contributed by atoms with Gasteiger partial charge >= 0.3 is 26.2 Å². The fourth-order valence-electron chi connectivity index (χ4n) is 8.18. The Morgan fingerprint density at radius 2 is 0.821 bits per heavy atom. The molecule has 5 rings (SSSR count). The van der Waals surface area contributed by atoms with E-state index in [0.29, 0.717) is 39.3 Å². The minimum atomic E-state index is -2.06. The number of hydrogen-bond donors (Lipinski definition) is 4. The molecule has 0 aromatic heterocycles. The van der Waals surface area contributed by atoms with E-state index in [1.807, 2.05) is 23.6 Å². The van der Waals surface area contributed by atoms with Crippen molar-refractivity contribution in [2.24, 2.45) is 0 Å². The van der Waals surface area contributed by atoms with Gasteiger partial charge < -0.3 is 47.0 Å². The summed E-state index contributed by atoms with van der Waals surface area (Å²) in [6.07, 6.45) is 3.65. The molecule has 0 aromatic rings. The summed E-state index contributed by atoms with van der Waals surface area (Å²) in [5.74, 6) is 0. The molecule has 0 bridgehead atoms. The zero-order valence-corrected chi connectivity index (χ0v) is 38.8. The van der Waals surface area contributed by atoms with Crippen LogP contribution in [-0.4, -0.2) is 265 Å². The van der Waals surface area contributed by atoms with E-state index in [2.05, 4.69) is 44.6 Å². The van der Waals surface area contributed by atoms with Gasteiger partial charge in [0.2, 0.25) is 0 Å². The average molecular weight is 856 g/mol. The molecule has 0 aliphatic carbocycles. The van der Waals surface area contributed by atoms with E-state index in [9.17, 15) is 0 Å². The van der Waals surface area contributed by atoms with Crippen molar-refractivity contribution in [3.8, 4) is 0 Å². The van der Waals surface area contributed by atoms with E-state index in [1.165, 1.54) is 19.3 Å². The molecule has 0 radical (unpaired) electrons. The smallest absolute Gasteiger partial charge is 0.395 e.